The van der Waals surface area contributed by atoms with Crippen LogP contribution >= 0.6 is 0 Å². The molecule has 0 saturated carbocycles. The summed E-state index contributed by atoms with van der Waals surface area (Å²) in [6.07, 6.45) is 10.6. The third-order valence-electron chi connectivity index (χ3n) is 3.08. The van der Waals surface area contributed by atoms with Gasteiger partial charge in [0.15, 0.2) is 0 Å². The molecule has 0 rings (SSSR count). The molecular weight excluding hydrogens is 296 g/mol. The van der Waals surface area contributed by atoms with Crippen molar-refractivity contribution >= 4 is 24.0 Å². The fraction of sp³-hybridized carbons (Fsp3) is 0.938. The standard InChI is InChI=1S/C16H34O3Si2/c1-5-18-20-15-13-11-9-7-6-8-10-12-14-16(17)19-21(2,3)4/h5-15H2,1-4H3. The fourth-order valence-corrected chi connectivity index (χ4v) is 3.62. The maximum atomic E-state index is 11.5. The van der Waals surface area contributed by atoms with Gasteiger partial charge in [-0.25, -0.2) is 0 Å². The molecule has 0 heterocycles. The van der Waals surface area contributed by atoms with E-state index in [2.05, 4.69) is 26.6 Å². The number of rotatable bonds is 14. The smallest absolute Gasteiger partial charge is 0.292 e. The van der Waals surface area contributed by atoms with Crippen LogP contribution in [0.2, 0.25) is 25.7 Å². The Bertz CT molecular complexity index is 252. The molecule has 5 heteroatoms. The maximum absolute atomic E-state index is 11.5. The molecule has 0 aromatic carbocycles. The van der Waals surface area contributed by atoms with Crippen molar-refractivity contribution in [1.82, 2.24) is 0 Å². The molecule has 0 unspecified atom stereocenters. The zero-order chi connectivity index (χ0) is 16.0. The molecule has 0 aliphatic heterocycles. The Kier molecular flexibility index (Phi) is 13.4. The first kappa shape index (κ1) is 20.9. The van der Waals surface area contributed by atoms with Crippen molar-refractivity contribution in [1.29, 1.82) is 0 Å². The molecule has 0 aromatic heterocycles. The summed E-state index contributed by atoms with van der Waals surface area (Å²) < 4.78 is 10.8. The van der Waals surface area contributed by atoms with Gasteiger partial charge in [-0.2, -0.15) is 0 Å². The van der Waals surface area contributed by atoms with Gasteiger partial charge in [0.2, 0.25) is 18.1 Å². The summed E-state index contributed by atoms with van der Waals surface area (Å²) in [6, 6.07) is 1.23. The summed E-state index contributed by atoms with van der Waals surface area (Å²) in [4.78, 5) is 11.5. The van der Waals surface area contributed by atoms with Gasteiger partial charge in [-0.1, -0.05) is 44.9 Å². The average Bonchev–Trinajstić information content (AvgIpc) is 2.38. The van der Waals surface area contributed by atoms with Crippen LogP contribution in [0, 0.1) is 0 Å². The van der Waals surface area contributed by atoms with Crippen molar-refractivity contribution in [3.05, 3.63) is 0 Å². The van der Waals surface area contributed by atoms with Crippen molar-refractivity contribution < 1.29 is 13.6 Å². The molecule has 124 valence electrons. The topological polar surface area (TPSA) is 35.5 Å². The van der Waals surface area contributed by atoms with Crippen LogP contribution in [0.3, 0.4) is 0 Å². The van der Waals surface area contributed by atoms with Crippen LogP contribution in [0.4, 0.5) is 0 Å². The van der Waals surface area contributed by atoms with Crippen molar-refractivity contribution in [2.75, 3.05) is 6.61 Å². The molecule has 0 saturated heterocycles. The van der Waals surface area contributed by atoms with Gasteiger partial charge in [0.1, 0.15) is 0 Å². The Balaban J connectivity index is 3.17. The van der Waals surface area contributed by atoms with E-state index in [4.69, 9.17) is 8.85 Å². The molecule has 2 radical (unpaired) electrons. The van der Waals surface area contributed by atoms with Crippen molar-refractivity contribution in [2.45, 2.75) is 90.4 Å². The second kappa shape index (κ2) is 13.5. The fourth-order valence-electron chi connectivity index (χ4n) is 2.09. The molecule has 0 aliphatic carbocycles. The molecular formula is C16H34O3Si2. The first-order valence-corrected chi connectivity index (χ1v) is 13.0. The first-order valence-electron chi connectivity index (χ1n) is 8.52. The molecule has 0 fully saturated rings. The predicted octanol–water partition coefficient (Wildman–Crippen LogP) is 4.95. The van der Waals surface area contributed by atoms with Crippen LogP contribution < -0.4 is 0 Å². The Hall–Kier alpha value is -0.136. The van der Waals surface area contributed by atoms with E-state index in [0.717, 1.165) is 19.4 Å². The van der Waals surface area contributed by atoms with Crippen LogP contribution in [0.25, 0.3) is 0 Å². The van der Waals surface area contributed by atoms with Gasteiger partial charge in [0.25, 0.3) is 5.97 Å². The lowest BCUT2D eigenvalue weighted by Crippen LogP contribution is -2.28. The quantitative estimate of drug-likeness (QED) is 0.334. The highest BCUT2D eigenvalue weighted by Gasteiger charge is 2.19. The second-order valence-electron chi connectivity index (χ2n) is 6.49. The molecule has 0 spiro atoms. The molecule has 3 nitrogen and oxygen atoms in total. The highest BCUT2D eigenvalue weighted by Crippen LogP contribution is 2.12. The van der Waals surface area contributed by atoms with Gasteiger partial charge in [0, 0.05) is 13.0 Å². The molecule has 0 bridgehead atoms. The van der Waals surface area contributed by atoms with Crippen LogP contribution in [0.15, 0.2) is 0 Å². The van der Waals surface area contributed by atoms with Crippen molar-refractivity contribution in [3.8, 4) is 0 Å². The second-order valence-corrected chi connectivity index (χ2v) is 12.0. The number of carbonyl (C=O) groups excluding carboxylic acids is 1. The molecule has 0 N–H and O–H groups in total. The largest absolute Gasteiger partial charge is 0.520 e. The van der Waals surface area contributed by atoms with E-state index in [1.807, 2.05) is 0 Å². The van der Waals surface area contributed by atoms with E-state index in [0.29, 0.717) is 16.2 Å². The minimum Gasteiger partial charge on any atom is -0.520 e. The van der Waals surface area contributed by atoms with E-state index in [-0.39, 0.29) is 5.97 Å². The SMILES string of the molecule is CCO[Si]CCCCCCCCCCC(=O)O[Si](C)(C)C. The summed E-state index contributed by atoms with van der Waals surface area (Å²) in [5.74, 6) is 0.00398. The minimum atomic E-state index is -1.68. The van der Waals surface area contributed by atoms with E-state index >= 15 is 0 Å². The Morgan fingerprint density at radius 2 is 1.43 bits per heavy atom. The number of carbonyl (C=O) groups is 1. The third-order valence-corrected chi connectivity index (χ3v) is 4.97. The van der Waals surface area contributed by atoms with Gasteiger partial charge in [-0.05, 0) is 39.0 Å². The Labute approximate surface area is 135 Å². The zero-order valence-electron chi connectivity index (χ0n) is 14.5. The van der Waals surface area contributed by atoms with Gasteiger partial charge < -0.3 is 8.85 Å². The van der Waals surface area contributed by atoms with E-state index in [1.54, 1.807) is 0 Å². The lowest BCUT2D eigenvalue weighted by Gasteiger charge is -2.17. The van der Waals surface area contributed by atoms with Crippen LogP contribution in [-0.4, -0.2) is 30.7 Å². The summed E-state index contributed by atoms with van der Waals surface area (Å²) in [5.41, 5.74) is 0. The molecule has 0 amide bonds. The highest BCUT2D eigenvalue weighted by atomic mass is 28.4. The number of hydrogen-bond acceptors (Lipinski definition) is 3. The van der Waals surface area contributed by atoms with Crippen molar-refractivity contribution in [2.24, 2.45) is 0 Å². The zero-order valence-corrected chi connectivity index (χ0v) is 16.5. The van der Waals surface area contributed by atoms with E-state index in [9.17, 15) is 4.79 Å². The lowest BCUT2D eigenvalue weighted by atomic mass is 10.1. The van der Waals surface area contributed by atoms with E-state index in [1.165, 1.54) is 44.6 Å². The molecule has 0 aliphatic rings. The van der Waals surface area contributed by atoms with Gasteiger partial charge in [0.05, 0.1) is 0 Å². The normalized spacial score (nSPS) is 11.6. The summed E-state index contributed by atoms with van der Waals surface area (Å²) >= 11 is 0. The number of hydrogen-bond donors (Lipinski definition) is 0. The van der Waals surface area contributed by atoms with Gasteiger partial charge >= 0.3 is 0 Å². The number of unbranched alkanes of at least 4 members (excludes halogenated alkanes) is 7. The maximum Gasteiger partial charge on any atom is 0.292 e. The van der Waals surface area contributed by atoms with Gasteiger partial charge in [-0.3, -0.25) is 4.79 Å². The highest BCUT2D eigenvalue weighted by molar-refractivity contribution is 6.71. The predicted molar refractivity (Wildman–Crippen MR) is 93.2 cm³/mol. The van der Waals surface area contributed by atoms with Gasteiger partial charge in [-0.15, -0.1) is 0 Å². The van der Waals surface area contributed by atoms with Crippen LogP contribution in [-0.2, 0) is 13.6 Å². The molecule has 0 aromatic rings. The summed E-state index contributed by atoms with van der Waals surface area (Å²) in [6.45, 7) is 9.07. The Morgan fingerprint density at radius 3 is 1.95 bits per heavy atom. The summed E-state index contributed by atoms with van der Waals surface area (Å²) in [7, 11) is -0.985. The molecule has 21 heavy (non-hydrogen) atoms. The van der Waals surface area contributed by atoms with Crippen LogP contribution in [0.5, 0.6) is 0 Å². The lowest BCUT2D eigenvalue weighted by molar-refractivity contribution is -0.135. The third kappa shape index (κ3) is 17.8. The monoisotopic (exact) mass is 330 g/mol. The minimum absolute atomic E-state index is 0.00398. The summed E-state index contributed by atoms with van der Waals surface area (Å²) in [5, 5.41) is 0. The Morgan fingerprint density at radius 1 is 0.905 bits per heavy atom. The molecule has 0 atom stereocenters. The van der Waals surface area contributed by atoms with Crippen LogP contribution in [0.1, 0.15) is 64.7 Å². The first-order chi connectivity index (χ1) is 9.95. The average molecular weight is 331 g/mol. The van der Waals surface area contributed by atoms with Crippen molar-refractivity contribution in [3.63, 3.8) is 0 Å². The van der Waals surface area contributed by atoms with E-state index < -0.39 is 8.32 Å².